The Morgan fingerprint density at radius 1 is 0.846 bits per heavy atom. The van der Waals surface area contributed by atoms with Crippen LogP contribution in [0.1, 0.15) is 17.0 Å². The van der Waals surface area contributed by atoms with Crippen molar-refractivity contribution in [1.82, 2.24) is 20.2 Å². The molecular formula is C21H17N5. The molecule has 0 saturated carbocycles. The van der Waals surface area contributed by atoms with Gasteiger partial charge in [0, 0.05) is 5.69 Å². The predicted octanol–water partition coefficient (Wildman–Crippen LogP) is 3.85. The molecular weight excluding hydrogens is 322 g/mol. The van der Waals surface area contributed by atoms with Gasteiger partial charge in [-0.25, -0.2) is 0 Å². The Hall–Kier alpha value is -3.47. The number of tetrazole rings is 1. The van der Waals surface area contributed by atoms with E-state index in [1.807, 2.05) is 30.3 Å². The van der Waals surface area contributed by atoms with Gasteiger partial charge in [-0.05, 0) is 63.4 Å². The highest BCUT2D eigenvalue weighted by Gasteiger charge is 2.18. The number of hydrogen-bond donors (Lipinski definition) is 1. The fourth-order valence-electron chi connectivity index (χ4n) is 3.52. The number of nitrogens with zero attached hydrogens (tertiary/aromatic N) is 4. The number of benzene rings is 3. The van der Waals surface area contributed by atoms with Crippen LogP contribution in [0.3, 0.4) is 0 Å². The molecule has 0 bridgehead atoms. The van der Waals surface area contributed by atoms with Gasteiger partial charge in [0.05, 0.1) is 12.2 Å². The molecule has 126 valence electrons. The standard InChI is InChI=1S/C21H17N5/c1-2-7-18(8-3-1)26-21(23-24-25-26)14-22-17-10-11-20-16(13-17)12-15-6-4-5-9-19(15)20/h1-11,13,22H,12,14H2. The molecule has 5 rings (SSSR count). The molecule has 1 aliphatic carbocycles. The van der Waals surface area contributed by atoms with Crippen LogP contribution in [0.5, 0.6) is 0 Å². The van der Waals surface area contributed by atoms with Crippen LogP contribution in [-0.4, -0.2) is 20.2 Å². The van der Waals surface area contributed by atoms with E-state index in [4.69, 9.17) is 0 Å². The van der Waals surface area contributed by atoms with Crippen molar-refractivity contribution in [2.75, 3.05) is 5.32 Å². The third-order valence-electron chi connectivity index (χ3n) is 4.78. The van der Waals surface area contributed by atoms with E-state index < -0.39 is 0 Å². The van der Waals surface area contributed by atoms with Crippen molar-refractivity contribution in [1.29, 1.82) is 0 Å². The summed E-state index contributed by atoms with van der Waals surface area (Å²) in [4.78, 5) is 0. The molecule has 1 aromatic heterocycles. The Balaban J connectivity index is 1.37. The van der Waals surface area contributed by atoms with E-state index in [0.717, 1.165) is 23.6 Å². The van der Waals surface area contributed by atoms with Gasteiger partial charge in [0.25, 0.3) is 0 Å². The van der Waals surface area contributed by atoms with Crippen molar-refractivity contribution in [2.24, 2.45) is 0 Å². The largest absolute Gasteiger partial charge is 0.378 e. The number of rotatable bonds is 4. The molecule has 0 radical (unpaired) electrons. The Labute approximate surface area is 151 Å². The van der Waals surface area contributed by atoms with Crippen molar-refractivity contribution < 1.29 is 0 Å². The minimum Gasteiger partial charge on any atom is -0.378 e. The normalized spacial score (nSPS) is 11.8. The van der Waals surface area contributed by atoms with Gasteiger partial charge in [0.2, 0.25) is 0 Å². The van der Waals surface area contributed by atoms with E-state index in [9.17, 15) is 0 Å². The molecule has 5 nitrogen and oxygen atoms in total. The average molecular weight is 339 g/mol. The second-order valence-electron chi connectivity index (χ2n) is 6.40. The van der Waals surface area contributed by atoms with Crippen molar-refractivity contribution in [2.45, 2.75) is 13.0 Å². The number of para-hydroxylation sites is 1. The summed E-state index contributed by atoms with van der Waals surface area (Å²) in [6.07, 6.45) is 0.989. The van der Waals surface area contributed by atoms with Crippen molar-refractivity contribution in [3.63, 3.8) is 0 Å². The summed E-state index contributed by atoms with van der Waals surface area (Å²) < 4.78 is 1.76. The van der Waals surface area contributed by atoms with E-state index in [2.05, 4.69) is 63.3 Å². The summed E-state index contributed by atoms with van der Waals surface area (Å²) >= 11 is 0. The summed E-state index contributed by atoms with van der Waals surface area (Å²) in [5, 5.41) is 15.5. The Kier molecular flexibility index (Phi) is 3.49. The highest BCUT2D eigenvalue weighted by atomic mass is 15.5. The molecule has 26 heavy (non-hydrogen) atoms. The molecule has 4 aromatic rings. The van der Waals surface area contributed by atoms with Crippen LogP contribution in [0.25, 0.3) is 16.8 Å². The molecule has 5 heteroatoms. The predicted molar refractivity (Wildman–Crippen MR) is 101 cm³/mol. The zero-order chi connectivity index (χ0) is 17.3. The lowest BCUT2D eigenvalue weighted by atomic mass is 10.1. The summed E-state index contributed by atoms with van der Waals surface area (Å²) in [6, 6.07) is 25.1. The minimum atomic E-state index is 0.563. The first-order valence-electron chi connectivity index (χ1n) is 8.66. The summed E-state index contributed by atoms with van der Waals surface area (Å²) in [7, 11) is 0. The molecule has 1 heterocycles. The molecule has 0 aliphatic heterocycles. The summed E-state index contributed by atoms with van der Waals surface area (Å²) in [6.45, 7) is 0.563. The molecule has 1 aliphatic rings. The highest BCUT2D eigenvalue weighted by molar-refractivity contribution is 5.78. The first-order valence-corrected chi connectivity index (χ1v) is 8.66. The van der Waals surface area contributed by atoms with Crippen LogP contribution in [0.4, 0.5) is 5.69 Å². The zero-order valence-electron chi connectivity index (χ0n) is 14.1. The zero-order valence-corrected chi connectivity index (χ0v) is 14.1. The second-order valence-corrected chi connectivity index (χ2v) is 6.40. The quantitative estimate of drug-likeness (QED) is 0.540. The topological polar surface area (TPSA) is 55.6 Å². The lowest BCUT2D eigenvalue weighted by molar-refractivity contribution is 0.768. The minimum absolute atomic E-state index is 0.563. The van der Waals surface area contributed by atoms with Gasteiger partial charge >= 0.3 is 0 Å². The lowest BCUT2D eigenvalue weighted by Crippen LogP contribution is -2.08. The molecule has 0 unspecified atom stereocenters. The molecule has 0 spiro atoms. The third-order valence-corrected chi connectivity index (χ3v) is 4.78. The number of aromatic nitrogens is 4. The molecule has 1 N–H and O–H groups in total. The molecule has 0 atom stereocenters. The van der Waals surface area contributed by atoms with Crippen LogP contribution in [-0.2, 0) is 13.0 Å². The Morgan fingerprint density at radius 3 is 2.58 bits per heavy atom. The summed E-state index contributed by atoms with van der Waals surface area (Å²) in [5.41, 5.74) is 7.48. The average Bonchev–Trinajstić information content (AvgIpc) is 3.31. The fourth-order valence-corrected chi connectivity index (χ4v) is 3.52. The van der Waals surface area contributed by atoms with Crippen molar-refractivity contribution >= 4 is 5.69 Å². The van der Waals surface area contributed by atoms with Crippen LogP contribution in [0.15, 0.2) is 72.8 Å². The Bertz CT molecular complexity index is 1070. The second kappa shape index (κ2) is 6.11. The first kappa shape index (κ1) is 14.8. The van der Waals surface area contributed by atoms with Gasteiger partial charge in [-0.2, -0.15) is 4.68 Å². The smallest absolute Gasteiger partial charge is 0.175 e. The number of hydrogen-bond acceptors (Lipinski definition) is 4. The Morgan fingerprint density at radius 2 is 1.65 bits per heavy atom. The van der Waals surface area contributed by atoms with E-state index in [-0.39, 0.29) is 0 Å². The maximum Gasteiger partial charge on any atom is 0.175 e. The molecule has 3 aromatic carbocycles. The van der Waals surface area contributed by atoms with Gasteiger partial charge in [-0.3, -0.25) is 0 Å². The van der Waals surface area contributed by atoms with Crippen LogP contribution < -0.4 is 5.32 Å². The SMILES string of the molecule is c1ccc(-n2nnnc2CNc2ccc3c(c2)Cc2ccccc2-3)cc1. The van der Waals surface area contributed by atoms with Crippen LogP contribution in [0, 0.1) is 0 Å². The van der Waals surface area contributed by atoms with Crippen LogP contribution >= 0.6 is 0 Å². The van der Waals surface area contributed by atoms with E-state index in [1.165, 1.54) is 22.3 Å². The van der Waals surface area contributed by atoms with Gasteiger partial charge < -0.3 is 5.32 Å². The molecule has 0 saturated heterocycles. The van der Waals surface area contributed by atoms with Gasteiger partial charge in [0.1, 0.15) is 0 Å². The monoisotopic (exact) mass is 339 g/mol. The lowest BCUT2D eigenvalue weighted by Gasteiger charge is -2.09. The van der Waals surface area contributed by atoms with Gasteiger partial charge in [-0.1, -0.05) is 48.5 Å². The summed E-state index contributed by atoms with van der Waals surface area (Å²) in [5.74, 6) is 0.778. The van der Waals surface area contributed by atoms with Gasteiger partial charge in [0.15, 0.2) is 5.82 Å². The number of anilines is 1. The van der Waals surface area contributed by atoms with Crippen molar-refractivity contribution in [3.05, 3.63) is 89.7 Å². The maximum atomic E-state index is 4.15. The molecule has 0 amide bonds. The van der Waals surface area contributed by atoms with Crippen LogP contribution in [0.2, 0.25) is 0 Å². The fraction of sp³-hybridized carbons (Fsp3) is 0.0952. The number of fused-ring (bicyclic) bond motifs is 3. The van der Waals surface area contributed by atoms with E-state index in [0.29, 0.717) is 6.54 Å². The van der Waals surface area contributed by atoms with E-state index >= 15 is 0 Å². The third kappa shape index (κ3) is 2.54. The van der Waals surface area contributed by atoms with E-state index in [1.54, 1.807) is 4.68 Å². The molecule has 0 fully saturated rings. The first-order chi connectivity index (χ1) is 12.9. The van der Waals surface area contributed by atoms with Crippen molar-refractivity contribution in [3.8, 4) is 16.8 Å². The maximum absolute atomic E-state index is 4.15. The van der Waals surface area contributed by atoms with Gasteiger partial charge in [-0.15, -0.1) is 5.10 Å². The number of nitrogens with one attached hydrogen (secondary N) is 1. The highest BCUT2D eigenvalue weighted by Crippen LogP contribution is 2.37.